The third-order valence-corrected chi connectivity index (χ3v) is 5.54. The van der Waals surface area contributed by atoms with E-state index in [2.05, 4.69) is 10.6 Å². The zero-order valence-corrected chi connectivity index (χ0v) is 19.4. The second-order valence-corrected chi connectivity index (χ2v) is 8.25. The summed E-state index contributed by atoms with van der Waals surface area (Å²) in [6, 6.07) is 17.4. The zero-order chi connectivity index (χ0) is 24.1. The zero-order valence-electron chi connectivity index (χ0n) is 19.4. The molecule has 1 aliphatic heterocycles. The van der Waals surface area contributed by atoms with Crippen LogP contribution in [0.1, 0.15) is 43.7 Å². The number of amides is 1. The predicted molar refractivity (Wildman–Crippen MR) is 125 cm³/mol. The minimum Gasteiger partial charge on any atom is -0.489 e. The van der Waals surface area contributed by atoms with Crippen LogP contribution >= 0.6 is 0 Å². The molecule has 2 aliphatic rings. The quantitative estimate of drug-likeness (QED) is 0.551. The normalized spacial score (nSPS) is 17.6. The summed E-state index contributed by atoms with van der Waals surface area (Å²) < 4.78 is 22.0. The first kappa shape index (κ1) is 23.2. The van der Waals surface area contributed by atoms with Gasteiger partial charge in [-0.15, -0.1) is 0 Å². The van der Waals surface area contributed by atoms with Gasteiger partial charge in [0.25, 0.3) is 0 Å². The second-order valence-electron chi connectivity index (χ2n) is 8.25. The molecule has 1 amide bonds. The van der Waals surface area contributed by atoms with Gasteiger partial charge in [-0.1, -0.05) is 42.5 Å². The van der Waals surface area contributed by atoms with Gasteiger partial charge in [0.1, 0.15) is 29.8 Å². The molecular weight excluding hydrogens is 436 g/mol. The largest absolute Gasteiger partial charge is 0.513 e. The molecule has 1 unspecified atom stereocenters. The molecule has 2 aromatic rings. The van der Waals surface area contributed by atoms with Crippen molar-refractivity contribution in [3.8, 4) is 5.75 Å². The number of ether oxygens (including phenoxy) is 4. The van der Waals surface area contributed by atoms with Crippen molar-refractivity contribution in [1.82, 2.24) is 10.6 Å². The third-order valence-electron chi connectivity index (χ3n) is 5.54. The van der Waals surface area contributed by atoms with Gasteiger partial charge in [0, 0.05) is 6.04 Å². The van der Waals surface area contributed by atoms with Gasteiger partial charge >= 0.3 is 12.2 Å². The van der Waals surface area contributed by atoms with Gasteiger partial charge < -0.3 is 29.6 Å². The van der Waals surface area contributed by atoms with E-state index >= 15 is 0 Å². The Hall–Kier alpha value is -3.94. The van der Waals surface area contributed by atoms with E-state index < -0.39 is 18.2 Å². The molecule has 1 heterocycles. The predicted octanol–water partition coefficient (Wildman–Crippen LogP) is 5.09. The van der Waals surface area contributed by atoms with Crippen molar-refractivity contribution in [2.75, 3.05) is 7.11 Å². The van der Waals surface area contributed by atoms with Gasteiger partial charge in [-0.3, -0.25) is 0 Å². The summed E-state index contributed by atoms with van der Waals surface area (Å²) in [6.45, 7) is 3.99. The molecule has 0 aromatic heterocycles. The van der Waals surface area contributed by atoms with Crippen LogP contribution in [0.15, 0.2) is 77.5 Å². The maximum Gasteiger partial charge on any atom is 0.513 e. The minimum atomic E-state index is -0.862. The van der Waals surface area contributed by atoms with Crippen molar-refractivity contribution in [3.05, 3.63) is 88.6 Å². The molecule has 1 atom stereocenters. The average Bonchev–Trinajstić information content (AvgIpc) is 3.65. The van der Waals surface area contributed by atoms with Crippen LogP contribution in [0.5, 0.6) is 5.75 Å². The lowest BCUT2D eigenvalue weighted by Crippen LogP contribution is -2.32. The highest BCUT2D eigenvalue weighted by Gasteiger charge is 2.36. The molecule has 1 fully saturated rings. The van der Waals surface area contributed by atoms with Crippen molar-refractivity contribution >= 4 is 12.2 Å². The molecule has 1 saturated carbocycles. The Morgan fingerprint density at radius 3 is 2.35 bits per heavy atom. The van der Waals surface area contributed by atoms with Gasteiger partial charge in [0.2, 0.25) is 0 Å². The molecular formula is C26H28N2O6. The fourth-order valence-electron chi connectivity index (χ4n) is 3.71. The first-order valence-electron chi connectivity index (χ1n) is 11.1. The van der Waals surface area contributed by atoms with Crippen LogP contribution < -0.4 is 15.4 Å². The Labute approximate surface area is 198 Å². The summed E-state index contributed by atoms with van der Waals surface area (Å²) in [7, 11) is 1.24. The topological polar surface area (TPSA) is 95.1 Å². The Morgan fingerprint density at radius 2 is 1.68 bits per heavy atom. The molecule has 0 spiro atoms. The Kier molecular flexibility index (Phi) is 7.06. The number of carbonyl (C=O) groups excluding carboxylic acids is 2. The first-order chi connectivity index (χ1) is 16.4. The van der Waals surface area contributed by atoms with E-state index in [1.54, 1.807) is 13.8 Å². The number of allylic oxidation sites excluding steroid dienone is 2. The van der Waals surface area contributed by atoms with Crippen LogP contribution in [0.25, 0.3) is 0 Å². The van der Waals surface area contributed by atoms with E-state index in [0.29, 0.717) is 29.5 Å². The average molecular weight is 465 g/mol. The molecule has 178 valence electrons. The van der Waals surface area contributed by atoms with E-state index in [1.165, 1.54) is 7.11 Å². The number of carbonyl (C=O) groups is 2. The minimum absolute atomic E-state index is 0.140. The summed E-state index contributed by atoms with van der Waals surface area (Å²) in [5.74, 6) is 0.592. The summed E-state index contributed by atoms with van der Waals surface area (Å²) >= 11 is 0. The molecule has 0 radical (unpaired) electrons. The van der Waals surface area contributed by atoms with Gasteiger partial charge in [-0.05, 0) is 49.9 Å². The summed E-state index contributed by atoms with van der Waals surface area (Å²) in [5.41, 5.74) is 3.02. The standard InChI is InChI=1S/C26H28N2O6/c1-16-23(33-25(29)28-20-12-13-20)22(24(17(2)27-16)34-26(30)31-3)19-10-7-11-21(14-19)32-15-18-8-5-4-6-9-18/h4-11,14,20,22,27H,12-13,15H2,1-3H3,(H,28,29). The molecule has 8 nitrogen and oxygen atoms in total. The van der Waals surface area contributed by atoms with Crippen LogP contribution in [0.4, 0.5) is 9.59 Å². The highest BCUT2D eigenvalue weighted by Crippen LogP contribution is 2.40. The number of nitrogens with one attached hydrogen (secondary N) is 2. The van der Waals surface area contributed by atoms with E-state index in [9.17, 15) is 9.59 Å². The fourth-order valence-corrected chi connectivity index (χ4v) is 3.71. The molecule has 8 heteroatoms. The van der Waals surface area contributed by atoms with Crippen LogP contribution in [0, 0.1) is 0 Å². The molecule has 2 aromatic carbocycles. The smallest absolute Gasteiger partial charge is 0.489 e. The molecule has 1 aliphatic carbocycles. The molecule has 4 rings (SSSR count). The molecule has 0 saturated heterocycles. The summed E-state index contributed by atoms with van der Waals surface area (Å²) in [6.07, 6.45) is 0.465. The van der Waals surface area contributed by atoms with Crippen molar-refractivity contribution in [2.45, 2.75) is 45.3 Å². The van der Waals surface area contributed by atoms with Crippen molar-refractivity contribution in [1.29, 1.82) is 0 Å². The van der Waals surface area contributed by atoms with Gasteiger partial charge in [-0.2, -0.15) is 0 Å². The molecule has 34 heavy (non-hydrogen) atoms. The number of hydrogen-bond acceptors (Lipinski definition) is 7. The summed E-state index contributed by atoms with van der Waals surface area (Å²) in [5, 5.41) is 5.96. The number of hydrogen-bond donors (Lipinski definition) is 2. The molecule has 2 N–H and O–H groups in total. The van der Waals surface area contributed by atoms with Crippen molar-refractivity contribution in [3.63, 3.8) is 0 Å². The second kappa shape index (κ2) is 10.3. The number of dihydropyridines is 1. The fraction of sp³-hybridized carbons (Fsp3) is 0.308. The van der Waals surface area contributed by atoms with Gasteiger partial charge in [0.15, 0.2) is 0 Å². The lowest BCUT2D eigenvalue weighted by molar-refractivity contribution is 0.0889. The van der Waals surface area contributed by atoms with Crippen LogP contribution in [0.3, 0.4) is 0 Å². The lowest BCUT2D eigenvalue weighted by Gasteiger charge is -2.30. The van der Waals surface area contributed by atoms with Crippen molar-refractivity contribution < 1.29 is 28.5 Å². The number of rotatable bonds is 7. The van der Waals surface area contributed by atoms with Gasteiger partial charge in [0.05, 0.1) is 18.5 Å². The van der Waals surface area contributed by atoms with E-state index in [4.69, 9.17) is 18.9 Å². The van der Waals surface area contributed by atoms with E-state index in [1.807, 2.05) is 54.6 Å². The molecule has 0 bridgehead atoms. The van der Waals surface area contributed by atoms with Crippen molar-refractivity contribution in [2.24, 2.45) is 0 Å². The van der Waals surface area contributed by atoms with Gasteiger partial charge in [-0.25, -0.2) is 9.59 Å². The Bertz CT molecular complexity index is 1120. The highest BCUT2D eigenvalue weighted by atomic mass is 16.7. The summed E-state index contributed by atoms with van der Waals surface area (Å²) in [4.78, 5) is 24.5. The highest BCUT2D eigenvalue weighted by molar-refractivity contribution is 5.70. The Morgan fingerprint density at radius 1 is 0.971 bits per heavy atom. The first-order valence-corrected chi connectivity index (χ1v) is 11.1. The maximum absolute atomic E-state index is 12.5. The van der Waals surface area contributed by atoms with Crippen LogP contribution in [-0.2, 0) is 20.8 Å². The number of benzene rings is 2. The Balaban J connectivity index is 1.64. The van der Waals surface area contributed by atoms with Crippen LogP contribution in [0.2, 0.25) is 0 Å². The lowest BCUT2D eigenvalue weighted by atomic mass is 9.90. The van der Waals surface area contributed by atoms with E-state index in [-0.39, 0.29) is 11.8 Å². The third kappa shape index (κ3) is 5.70. The SMILES string of the molecule is COC(=O)OC1=C(C)NC(C)=C(OC(=O)NC2CC2)C1c1cccc(OCc2ccccc2)c1. The number of methoxy groups -OCH3 is 1. The van der Waals surface area contributed by atoms with Crippen LogP contribution in [-0.4, -0.2) is 25.4 Å². The monoisotopic (exact) mass is 464 g/mol. The number of alkyl carbamates (subject to hydrolysis) is 1. The maximum atomic E-state index is 12.5. The van der Waals surface area contributed by atoms with E-state index in [0.717, 1.165) is 24.0 Å².